The molecule has 1 fully saturated rings. The molecular weight excluding hydrogens is 917 g/mol. The Morgan fingerprint density at radius 3 is 1.51 bits per heavy atom. The third kappa shape index (κ3) is 10.4. The monoisotopic (exact) mass is 989 g/mol. The summed E-state index contributed by atoms with van der Waals surface area (Å²) >= 11 is 0. The number of azo groups is 2. The summed E-state index contributed by atoms with van der Waals surface area (Å²) in [6, 6.07) is 42.0. The Labute approximate surface area is 436 Å². The van der Waals surface area contributed by atoms with Crippen LogP contribution in [0.3, 0.4) is 0 Å². The molecule has 4 N–H and O–H groups in total. The molecule has 7 aromatic rings. The third-order valence-corrected chi connectivity index (χ3v) is 16.2. The maximum absolute atomic E-state index is 11.5. The quantitative estimate of drug-likeness (QED) is 0.0291. The highest BCUT2D eigenvalue weighted by molar-refractivity contribution is 6.10. The van der Waals surface area contributed by atoms with Crippen LogP contribution in [0.2, 0.25) is 0 Å². The van der Waals surface area contributed by atoms with E-state index in [1.165, 1.54) is 47.0 Å². The molecule has 0 radical (unpaired) electrons. The highest BCUT2D eigenvalue weighted by Crippen LogP contribution is 2.52. The largest absolute Gasteiger partial charge is 0.494 e. The fourth-order valence-electron chi connectivity index (χ4n) is 11.0. The normalized spacial score (nSPS) is 18.2. The fourth-order valence-corrected chi connectivity index (χ4v) is 11.0. The van der Waals surface area contributed by atoms with Crippen molar-refractivity contribution in [2.45, 2.75) is 135 Å². The van der Waals surface area contributed by atoms with E-state index >= 15 is 0 Å². The summed E-state index contributed by atoms with van der Waals surface area (Å²) in [5.41, 5.74) is 9.19. The minimum atomic E-state index is -0.296. The van der Waals surface area contributed by atoms with Gasteiger partial charge >= 0.3 is 5.97 Å². The van der Waals surface area contributed by atoms with Crippen molar-refractivity contribution in [2.24, 2.45) is 25.9 Å². The van der Waals surface area contributed by atoms with Gasteiger partial charge in [-0.3, -0.25) is 0 Å². The van der Waals surface area contributed by atoms with Crippen molar-refractivity contribution in [3.8, 4) is 5.75 Å². The molecule has 2 heterocycles. The van der Waals surface area contributed by atoms with Gasteiger partial charge in [0.05, 0.1) is 36.0 Å². The Bertz CT molecular complexity index is 3240. The number of carbonyl (C=O) groups is 1. The van der Waals surface area contributed by atoms with E-state index in [0.29, 0.717) is 18.8 Å². The molecule has 11 heteroatoms. The van der Waals surface area contributed by atoms with Crippen LogP contribution in [0.4, 0.5) is 45.5 Å². The van der Waals surface area contributed by atoms with Crippen molar-refractivity contribution >= 4 is 83.8 Å². The summed E-state index contributed by atoms with van der Waals surface area (Å²) in [5.74, 6) is 0.534. The van der Waals surface area contributed by atoms with Gasteiger partial charge < -0.3 is 30.7 Å². The van der Waals surface area contributed by atoms with Gasteiger partial charge in [-0.2, -0.15) is 5.11 Å². The number of hydrogen-bond acceptors (Lipinski definition) is 11. The molecule has 11 nitrogen and oxygen atoms in total. The first kappa shape index (κ1) is 50.3. The second kappa shape index (κ2) is 20.9. The summed E-state index contributed by atoms with van der Waals surface area (Å²) in [6.07, 6.45) is 12.7. The van der Waals surface area contributed by atoms with E-state index in [4.69, 9.17) is 19.7 Å². The zero-order valence-electron chi connectivity index (χ0n) is 44.2. The first-order chi connectivity index (χ1) is 35.7. The zero-order chi connectivity index (χ0) is 51.5. The Balaban J connectivity index is 0.741. The number of hydrogen-bond donors (Lipinski definition) is 4. The molecule has 2 spiro atoms. The van der Waals surface area contributed by atoms with E-state index in [-0.39, 0.29) is 28.1 Å². The predicted octanol–water partition coefficient (Wildman–Crippen LogP) is 18.3. The Hall–Kier alpha value is -7.27. The van der Waals surface area contributed by atoms with Crippen molar-refractivity contribution in [3.63, 3.8) is 0 Å². The van der Waals surface area contributed by atoms with Gasteiger partial charge in [0, 0.05) is 55.3 Å². The fraction of sp³-hybridized carbons (Fsp3) is 0.381. The van der Waals surface area contributed by atoms with Crippen molar-refractivity contribution in [1.29, 1.82) is 0 Å². The van der Waals surface area contributed by atoms with Gasteiger partial charge in [0.25, 0.3) is 0 Å². The average molecular weight is 989 g/mol. The van der Waals surface area contributed by atoms with Crippen LogP contribution >= 0.6 is 0 Å². The molecule has 2 aliphatic heterocycles. The van der Waals surface area contributed by atoms with Crippen LogP contribution in [-0.4, -0.2) is 30.5 Å². The minimum Gasteiger partial charge on any atom is -0.494 e. The lowest BCUT2D eigenvalue weighted by molar-refractivity contribution is -0.139. The van der Waals surface area contributed by atoms with E-state index in [0.717, 1.165) is 119 Å². The highest BCUT2D eigenvalue weighted by Gasteiger charge is 2.47. The number of nitrogens with one attached hydrogen (secondary N) is 4. The van der Waals surface area contributed by atoms with E-state index in [1.807, 2.05) is 48.5 Å². The highest BCUT2D eigenvalue weighted by atomic mass is 16.5. The van der Waals surface area contributed by atoms with Gasteiger partial charge in [-0.25, -0.2) is 4.79 Å². The maximum atomic E-state index is 11.5. The molecule has 0 unspecified atom stereocenters. The summed E-state index contributed by atoms with van der Waals surface area (Å²) < 4.78 is 11.2. The van der Waals surface area contributed by atoms with Crippen LogP contribution in [0, 0.1) is 5.41 Å². The number of nitrogens with zero attached hydrogens (tertiary/aromatic N) is 4. The van der Waals surface area contributed by atoms with Crippen molar-refractivity contribution < 1.29 is 14.3 Å². The van der Waals surface area contributed by atoms with Crippen LogP contribution in [0.15, 0.2) is 154 Å². The van der Waals surface area contributed by atoms with Crippen LogP contribution in [-0.2, 0) is 14.9 Å². The maximum Gasteiger partial charge on any atom is 0.333 e. The lowest BCUT2D eigenvalue weighted by Crippen LogP contribution is -2.59. The van der Waals surface area contributed by atoms with Crippen LogP contribution < -0.4 is 26.0 Å². The van der Waals surface area contributed by atoms with E-state index in [2.05, 4.69) is 145 Å². The standard InChI is InChI=1S/C63H72N8O3/c1-42(2)59(72)74-41-17-13-11-9-8-10-12-16-40-73-44-28-26-43(27-29-44)68-69-50-32-33-51(46-21-15-14-20-45(46)50)70-71-52-34-35-56-58-48(52)23-19-25-54(58)65-63(67-56)38-36-62(37-39-63)64-53-24-18-22-47-49(61(6,7)60(3,4)5)30-31-55(66-62)57(47)53/h14-15,18-35,64-67H,1,8-13,16-17,36-41H2,2-7H3/b69-68+,71-70+. The molecule has 10 rings (SSSR count). The molecule has 3 aliphatic rings. The van der Waals surface area contributed by atoms with Gasteiger partial charge in [0.15, 0.2) is 0 Å². The zero-order valence-corrected chi connectivity index (χ0v) is 44.2. The second-order valence-electron chi connectivity index (χ2n) is 22.4. The molecule has 0 saturated heterocycles. The number of ether oxygens (including phenoxy) is 2. The number of esters is 1. The molecule has 74 heavy (non-hydrogen) atoms. The molecule has 0 amide bonds. The molecule has 7 aromatic carbocycles. The SMILES string of the molecule is C=C(C)C(=O)OCCCCCCCCCCOc1ccc(/N=N/c2ccc(/N=N/c3ccc4c5c(cccc35)NC3(CCC5(CC3)Nc3cccc6c(C(C)(C)C(C)(C)C)ccc(c36)N5)N4)c3ccccc23)cc1. The lowest BCUT2D eigenvalue weighted by atomic mass is 9.64. The molecule has 1 saturated carbocycles. The first-order valence-electron chi connectivity index (χ1n) is 26.9. The van der Waals surface area contributed by atoms with Gasteiger partial charge in [-0.1, -0.05) is 134 Å². The van der Waals surface area contributed by atoms with Crippen molar-refractivity contribution in [2.75, 3.05) is 34.5 Å². The molecule has 0 aromatic heterocycles. The lowest BCUT2D eigenvalue weighted by Gasteiger charge is -2.52. The smallest absolute Gasteiger partial charge is 0.333 e. The number of benzene rings is 7. The Morgan fingerprint density at radius 1 is 0.514 bits per heavy atom. The molecular formula is C63H72N8O3. The first-order valence-corrected chi connectivity index (χ1v) is 26.9. The number of unbranched alkanes of at least 4 members (excludes halogenated alkanes) is 7. The predicted molar refractivity (Wildman–Crippen MR) is 306 cm³/mol. The number of carbonyl (C=O) groups excluding carboxylic acids is 1. The summed E-state index contributed by atoms with van der Waals surface area (Å²) in [5, 5.41) is 41.7. The topological polar surface area (TPSA) is 133 Å². The summed E-state index contributed by atoms with van der Waals surface area (Å²) in [6.45, 7) is 18.2. The number of rotatable bonds is 18. The summed E-state index contributed by atoms with van der Waals surface area (Å²) in [4.78, 5) is 11.5. The number of fused-ring (bicyclic) bond motifs is 1. The van der Waals surface area contributed by atoms with E-state index < -0.39 is 0 Å². The van der Waals surface area contributed by atoms with Gasteiger partial charge in [0.2, 0.25) is 0 Å². The molecule has 0 atom stereocenters. The molecule has 1 aliphatic carbocycles. The summed E-state index contributed by atoms with van der Waals surface area (Å²) in [7, 11) is 0. The third-order valence-electron chi connectivity index (χ3n) is 16.2. The minimum absolute atomic E-state index is 0.00185. The molecule has 382 valence electrons. The van der Waals surface area contributed by atoms with Crippen LogP contribution in [0.1, 0.15) is 124 Å². The van der Waals surface area contributed by atoms with Gasteiger partial charge in [0.1, 0.15) is 17.1 Å². The van der Waals surface area contributed by atoms with Crippen molar-refractivity contribution in [1.82, 2.24) is 0 Å². The van der Waals surface area contributed by atoms with Gasteiger partial charge in [-0.15, -0.1) is 15.3 Å². The van der Waals surface area contributed by atoms with Crippen LogP contribution in [0.25, 0.3) is 32.3 Å². The van der Waals surface area contributed by atoms with Gasteiger partial charge in [-0.05, 0) is 134 Å². The Kier molecular flexibility index (Phi) is 14.2. The average Bonchev–Trinajstić information content (AvgIpc) is 3.40. The number of anilines is 4. The Morgan fingerprint density at radius 2 is 0.959 bits per heavy atom. The second-order valence-corrected chi connectivity index (χ2v) is 22.4. The van der Waals surface area contributed by atoms with E-state index in [1.54, 1.807) is 6.92 Å². The van der Waals surface area contributed by atoms with Crippen molar-refractivity contribution in [3.05, 3.63) is 139 Å². The van der Waals surface area contributed by atoms with Crippen LogP contribution in [0.5, 0.6) is 5.75 Å². The van der Waals surface area contributed by atoms with E-state index in [9.17, 15) is 4.79 Å². The molecule has 0 bridgehead atoms.